The van der Waals surface area contributed by atoms with Crippen LogP contribution in [0.3, 0.4) is 0 Å². The molecule has 1 N–H and O–H groups in total. The molecule has 1 aliphatic rings. The number of Topliss-reactive ketones (excluding diaryl/α,β-unsaturated/α-hetero) is 1. The molecule has 17 heavy (non-hydrogen) atoms. The molecular formula is C12H22N2O2S. The van der Waals surface area contributed by atoms with Crippen LogP contribution in [0.15, 0.2) is 0 Å². The van der Waals surface area contributed by atoms with E-state index in [-0.39, 0.29) is 17.2 Å². The summed E-state index contributed by atoms with van der Waals surface area (Å²) in [5, 5.41) is 3.38. The number of thioether (sulfide) groups is 1. The van der Waals surface area contributed by atoms with Crippen LogP contribution in [0.4, 0.5) is 0 Å². The molecule has 98 valence electrons. The number of rotatable bonds is 7. The number of ketones is 1. The van der Waals surface area contributed by atoms with Crippen molar-refractivity contribution in [3.8, 4) is 0 Å². The summed E-state index contributed by atoms with van der Waals surface area (Å²) in [7, 11) is 1.95. The molecule has 0 saturated carbocycles. The van der Waals surface area contributed by atoms with E-state index in [9.17, 15) is 9.59 Å². The van der Waals surface area contributed by atoms with E-state index in [1.165, 1.54) is 0 Å². The zero-order chi connectivity index (χ0) is 12.8. The molecule has 0 aromatic carbocycles. The second-order valence-electron chi connectivity index (χ2n) is 4.56. The maximum absolute atomic E-state index is 11.4. The van der Waals surface area contributed by atoms with Crippen molar-refractivity contribution < 1.29 is 9.59 Å². The number of nitrogens with zero attached hydrogens (tertiary/aromatic N) is 1. The highest BCUT2D eigenvalue weighted by molar-refractivity contribution is 7.99. The van der Waals surface area contributed by atoms with Crippen LogP contribution in [-0.4, -0.2) is 47.4 Å². The largest absolute Gasteiger partial charge is 0.323 e. The predicted octanol–water partition coefficient (Wildman–Crippen LogP) is 1.25. The number of nitrogens with one attached hydrogen (secondary N) is 1. The lowest BCUT2D eigenvalue weighted by molar-refractivity contribution is -0.128. The minimum Gasteiger partial charge on any atom is -0.323 e. The van der Waals surface area contributed by atoms with Crippen molar-refractivity contribution in [2.45, 2.75) is 50.6 Å². The van der Waals surface area contributed by atoms with E-state index in [1.54, 1.807) is 23.6 Å². The average molecular weight is 258 g/mol. The van der Waals surface area contributed by atoms with Crippen molar-refractivity contribution in [1.82, 2.24) is 10.2 Å². The zero-order valence-corrected chi connectivity index (χ0v) is 11.6. The molecule has 1 heterocycles. The fraction of sp³-hybridized carbons (Fsp3) is 0.833. The van der Waals surface area contributed by atoms with E-state index in [4.69, 9.17) is 0 Å². The molecular weight excluding hydrogens is 236 g/mol. The van der Waals surface area contributed by atoms with Crippen LogP contribution in [0.2, 0.25) is 0 Å². The minimum atomic E-state index is -0.188. The van der Waals surface area contributed by atoms with Crippen molar-refractivity contribution in [3.63, 3.8) is 0 Å². The molecule has 0 aliphatic carbocycles. The summed E-state index contributed by atoms with van der Waals surface area (Å²) in [5.41, 5.74) is 0. The number of amides is 1. The van der Waals surface area contributed by atoms with Crippen LogP contribution >= 0.6 is 11.8 Å². The summed E-state index contributed by atoms with van der Waals surface area (Å²) in [6.07, 6.45) is 3.66. The van der Waals surface area contributed by atoms with Gasteiger partial charge in [-0.15, -0.1) is 11.8 Å². The number of hydrogen-bond donors (Lipinski definition) is 1. The Labute approximate surface area is 108 Å². The molecule has 1 saturated heterocycles. The monoisotopic (exact) mass is 258 g/mol. The van der Waals surface area contributed by atoms with Crippen LogP contribution < -0.4 is 5.32 Å². The lowest BCUT2D eigenvalue weighted by Crippen LogP contribution is -2.37. The summed E-state index contributed by atoms with van der Waals surface area (Å²) in [5.74, 6) is 1.12. The molecule has 0 spiro atoms. The SMILES string of the molecule is CNC(C)CCSC1CCC(C(C)=O)N1C=O. The maximum Gasteiger partial charge on any atom is 0.211 e. The fourth-order valence-corrected chi connectivity index (χ4v) is 3.48. The van der Waals surface area contributed by atoms with E-state index >= 15 is 0 Å². The van der Waals surface area contributed by atoms with Crippen molar-refractivity contribution in [1.29, 1.82) is 0 Å². The van der Waals surface area contributed by atoms with Crippen molar-refractivity contribution in [3.05, 3.63) is 0 Å². The molecule has 0 aromatic heterocycles. The first-order valence-corrected chi connectivity index (χ1v) is 7.17. The van der Waals surface area contributed by atoms with E-state index < -0.39 is 0 Å². The van der Waals surface area contributed by atoms with Gasteiger partial charge in [-0.25, -0.2) is 0 Å². The fourth-order valence-electron chi connectivity index (χ4n) is 2.05. The van der Waals surface area contributed by atoms with Crippen LogP contribution in [0.25, 0.3) is 0 Å². The molecule has 4 nitrogen and oxygen atoms in total. The first-order chi connectivity index (χ1) is 8.10. The Kier molecular flexibility index (Phi) is 5.98. The van der Waals surface area contributed by atoms with Gasteiger partial charge >= 0.3 is 0 Å². The van der Waals surface area contributed by atoms with Gasteiger partial charge in [-0.3, -0.25) is 9.59 Å². The average Bonchev–Trinajstić information content (AvgIpc) is 2.71. The van der Waals surface area contributed by atoms with Gasteiger partial charge in [0.05, 0.1) is 11.4 Å². The Hall–Kier alpha value is -0.550. The van der Waals surface area contributed by atoms with Crippen LogP contribution in [0.5, 0.6) is 0 Å². The first-order valence-electron chi connectivity index (χ1n) is 6.12. The Balaban J connectivity index is 2.39. The molecule has 1 aliphatic heterocycles. The molecule has 5 heteroatoms. The number of likely N-dealkylation sites (tertiary alicyclic amines) is 1. The van der Waals surface area contributed by atoms with Crippen LogP contribution in [0, 0.1) is 0 Å². The number of hydrogen-bond acceptors (Lipinski definition) is 4. The number of carbonyl (C=O) groups is 2. The summed E-state index contributed by atoms with van der Waals surface area (Å²) in [6, 6.07) is 0.309. The quantitative estimate of drug-likeness (QED) is 0.698. The first kappa shape index (κ1) is 14.5. The van der Waals surface area contributed by atoms with Crippen molar-refractivity contribution in [2.24, 2.45) is 0 Å². The van der Waals surface area contributed by atoms with Crippen molar-refractivity contribution in [2.75, 3.05) is 12.8 Å². The highest BCUT2D eigenvalue weighted by atomic mass is 32.2. The molecule has 1 fully saturated rings. The van der Waals surface area contributed by atoms with Gasteiger partial charge in [-0.05, 0) is 45.9 Å². The van der Waals surface area contributed by atoms with Gasteiger partial charge in [0.1, 0.15) is 0 Å². The van der Waals surface area contributed by atoms with Gasteiger partial charge < -0.3 is 10.2 Å². The number of carbonyl (C=O) groups excluding carboxylic acids is 2. The molecule has 0 radical (unpaired) electrons. The second kappa shape index (κ2) is 7.01. The van der Waals surface area contributed by atoms with E-state index in [0.717, 1.165) is 31.4 Å². The minimum absolute atomic E-state index is 0.101. The smallest absolute Gasteiger partial charge is 0.211 e. The van der Waals surface area contributed by atoms with Gasteiger partial charge in [0, 0.05) is 6.04 Å². The lowest BCUT2D eigenvalue weighted by atomic mass is 10.1. The van der Waals surface area contributed by atoms with Gasteiger partial charge in [-0.2, -0.15) is 0 Å². The molecule has 3 atom stereocenters. The van der Waals surface area contributed by atoms with Gasteiger partial charge in [0.25, 0.3) is 0 Å². The Morgan fingerprint density at radius 1 is 1.59 bits per heavy atom. The molecule has 0 aromatic rings. The summed E-state index contributed by atoms with van der Waals surface area (Å²) >= 11 is 1.78. The summed E-state index contributed by atoms with van der Waals surface area (Å²) in [6.45, 7) is 3.71. The molecule has 0 bridgehead atoms. The van der Waals surface area contributed by atoms with Crippen LogP contribution in [0.1, 0.15) is 33.1 Å². The molecule has 1 rings (SSSR count). The van der Waals surface area contributed by atoms with Gasteiger partial charge in [0.2, 0.25) is 6.41 Å². The maximum atomic E-state index is 11.4. The zero-order valence-electron chi connectivity index (χ0n) is 10.8. The summed E-state index contributed by atoms with van der Waals surface area (Å²) in [4.78, 5) is 24.1. The second-order valence-corrected chi connectivity index (χ2v) is 5.85. The predicted molar refractivity (Wildman–Crippen MR) is 71.0 cm³/mol. The Morgan fingerprint density at radius 2 is 2.29 bits per heavy atom. The Morgan fingerprint density at radius 3 is 2.82 bits per heavy atom. The third-order valence-electron chi connectivity index (χ3n) is 3.32. The highest BCUT2D eigenvalue weighted by Crippen LogP contribution is 2.31. The van der Waals surface area contributed by atoms with Crippen LogP contribution in [-0.2, 0) is 9.59 Å². The lowest BCUT2D eigenvalue weighted by Gasteiger charge is -2.24. The Bertz CT molecular complexity index is 273. The normalized spacial score (nSPS) is 25.9. The third kappa shape index (κ3) is 4.00. The van der Waals surface area contributed by atoms with E-state index in [0.29, 0.717) is 6.04 Å². The van der Waals surface area contributed by atoms with Gasteiger partial charge in [-0.1, -0.05) is 0 Å². The van der Waals surface area contributed by atoms with E-state index in [2.05, 4.69) is 12.2 Å². The summed E-state index contributed by atoms with van der Waals surface area (Å²) < 4.78 is 0. The molecule has 3 unspecified atom stereocenters. The standard InChI is InChI=1S/C12H22N2O2S/c1-9(13-3)6-7-17-12-5-4-11(10(2)16)14(12)8-15/h8-9,11-13H,4-7H2,1-3H3. The van der Waals surface area contributed by atoms with Crippen molar-refractivity contribution >= 4 is 24.0 Å². The van der Waals surface area contributed by atoms with Gasteiger partial charge in [0.15, 0.2) is 5.78 Å². The third-order valence-corrected chi connectivity index (χ3v) is 4.66. The molecule has 1 amide bonds. The topological polar surface area (TPSA) is 49.4 Å². The van der Waals surface area contributed by atoms with E-state index in [1.807, 2.05) is 7.05 Å². The highest BCUT2D eigenvalue weighted by Gasteiger charge is 2.34.